The van der Waals surface area contributed by atoms with Crippen molar-refractivity contribution in [1.29, 1.82) is 0 Å². The molecule has 0 atom stereocenters. The van der Waals surface area contributed by atoms with E-state index in [-0.39, 0.29) is 6.61 Å². The summed E-state index contributed by atoms with van der Waals surface area (Å²) >= 11 is 3.73. The maximum Gasteiger partial charge on any atom is 0.0703 e. The van der Waals surface area contributed by atoms with Gasteiger partial charge in [0.15, 0.2) is 0 Å². The van der Waals surface area contributed by atoms with E-state index in [1.807, 2.05) is 54.1 Å². The van der Waals surface area contributed by atoms with E-state index in [1.165, 1.54) is 10.5 Å². The van der Waals surface area contributed by atoms with Crippen LogP contribution < -0.4 is 5.32 Å². The number of aliphatic hydroxyl groups excluding tert-OH is 1. The van der Waals surface area contributed by atoms with E-state index in [0.717, 1.165) is 52.4 Å². The molecular weight excluding hydrogens is 386 g/mol. The van der Waals surface area contributed by atoms with Crippen LogP contribution in [0.25, 0.3) is 10.9 Å². The molecule has 2 N–H and O–H groups in total. The number of benzene rings is 1. The van der Waals surface area contributed by atoms with E-state index in [1.54, 1.807) is 0 Å². The molecule has 0 radical (unpaired) electrons. The van der Waals surface area contributed by atoms with Crippen LogP contribution in [-0.4, -0.2) is 38.9 Å². The number of hydrogen-bond acceptors (Lipinski definition) is 6. The van der Waals surface area contributed by atoms with Crippen molar-refractivity contribution >= 4 is 40.1 Å². The van der Waals surface area contributed by atoms with Crippen molar-refractivity contribution in [3.8, 4) is 0 Å². The first-order chi connectivity index (χ1) is 13.8. The lowest BCUT2D eigenvalue weighted by molar-refractivity contribution is 0.322. The summed E-state index contributed by atoms with van der Waals surface area (Å²) in [5.74, 6) is 3.03. The largest absolute Gasteiger partial charge is 0.396 e. The van der Waals surface area contributed by atoms with Crippen LogP contribution in [0.2, 0.25) is 0 Å². The molecule has 1 aromatic carbocycles. The fraction of sp³-hybridized carbons (Fsp3) is 0.364. The van der Waals surface area contributed by atoms with Crippen molar-refractivity contribution in [3.05, 3.63) is 60.0 Å². The SMILES string of the molecule is CCc1c(SCCCSCCO)ccnc1CNc1cnc2ccccc2c1. The number of nitrogens with one attached hydrogen (secondary N) is 1. The van der Waals surface area contributed by atoms with E-state index in [4.69, 9.17) is 5.11 Å². The highest BCUT2D eigenvalue weighted by molar-refractivity contribution is 8.00. The number of hydrogen-bond donors (Lipinski definition) is 2. The molecule has 4 nitrogen and oxygen atoms in total. The first kappa shape index (κ1) is 21.0. The van der Waals surface area contributed by atoms with E-state index in [2.05, 4.69) is 40.4 Å². The van der Waals surface area contributed by atoms with Gasteiger partial charge in [-0.3, -0.25) is 9.97 Å². The smallest absolute Gasteiger partial charge is 0.0703 e. The van der Waals surface area contributed by atoms with Gasteiger partial charge in [0.25, 0.3) is 0 Å². The summed E-state index contributed by atoms with van der Waals surface area (Å²) in [5, 5.41) is 13.5. The molecule has 0 spiro atoms. The Bertz CT molecular complexity index is 889. The molecule has 2 aromatic heterocycles. The topological polar surface area (TPSA) is 58.0 Å². The van der Waals surface area contributed by atoms with Gasteiger partial charge < -0.3 is 10.4 Å². The molecule has 0 unspecified atom stereocenters. The third-order valence-electron chi connectivity index (χ3n) is 4.43. The fourth-order valence-corrected chi connectivity index (χ4v) is 5.01. The van der Waals surface area contributed by atoms with Gasteiger partial charge in [-0.15, -0.1) is 11.8 Å². The number of nitrogens with zero attached hydrogens (tertiary/aromatic N) is 2. The second kappa shape index (κ2) is 11.3. The second-order valence-electron chi connectivity index (χ2n) is 6.40. The normalized spacial score (nSPS) is 11.1. The summed E-state index contributed by atoms with van der Waals surface area (Å²) in [6.45, 7) is 3.16. The molecule has 0 aliphatic rings. The summed E-state index contributed by atoms with van der Waals surface area (Å²) in [4.78, 5) is 10.5. The van der Waals surface area contributed by atoms with Crippen LogP contribution in [0.4, 0.5) is 5.69 Å². The van der Waals surface area contributed by atoms with Crippen molar-refractivity contribution in [1.82, 2.24) is 9.97 Å². The Labute approximate surface area is 175 Å². The Morgan fingerprint density at radius 2 is 1.96 bits per heavy atom. The maximum absolute atomic E-state index is 8.84. The van der Waals surface area contributed by atoms with Gasteiger partial charge in [0.1, 0.15) is 0 Å². The van der Waals surface area contributed by atoms with Crippen LogP contribution in [0.15, 0.2) is 53.7 Å². The van der Waals surface area contributed by atoms with Crippen LogP contribution in [0, 0.1) is 0 Å². The molecule has 0 saturated heterocycles. The Kier molecular flexibility index (Phi) is 8.45. The number of fused-ring (bicyclic) bond motifs is 1. The summed E-state index contributed by atoms with van der Waals surface area (Å²) < 4.78 is 0. The first-order valence-corrected chi connectivity index (χ1v) is 11.8. The summed E-state index contributed by atoms with van der Waals surface area (Å²) in [6.07, 6.45) is 5.92. The zero-order valence-corrected chi connectivity index (χ0v) is 17.9. The zero-order chi connectivity index (χ0) is 19.6. The van der Waals surface area contributed by atoms with Gasteiger partial charge >= 0.3 is 0 Å². The molecule has 0 saturated carbocycles. The van der Waals surface area contributed by atoms with Gasteiger partial charge in [-0.25, -0.2) is 0 Å². The Morgan fingerprint density at radius 3 is 2.82 bits per heavy atom. The zero-order valence-electron chi connectivity index (χ0n) is 16.2. The highest BCUT2D eigenvalue weighted by atomic mass is 32.2. The van der Waals surface area contributed by atoms with Gasteiger partial charge in [0, 0.05) is 22.2 Å². The van der Waals surface area contributed by atoms with Crippen molar-refractivity contribution in [2.45, 2.75) is 31.2 Å². The lowest BCUT2D eigenvalue weighted by atomic mass is 10.1. The van der Waals surface area contributed by atoms with Gasteiger partial charge in [0.2, 0.25) is 0 Å². The van der Waals surface area contributed by atoms with Crippen LogP contribution in [0.1, 0.15) is 24.6 Å². The van der Waals surface area contributed by atoms with Gasteiger partial charge in [-0.2, -0.15) is 11.8 Å². The van der Waals surface area contributed by atoms with E-state index in [0.29, 0.717) is 6.54 Å². The number of thioether (sulfide) groups is 2. The number of pyridine rings is 2. The minimum Gasteiger partial charge on any atom is -0.396 e. The summed E-state index contributed by atoms with van der Waals surface area (Å²) in [7, 11) is 0. The van der Waals surface area contributed by atoms with Gasteiger partial charge in [-0.05, 0) is 48.1 Å². The third kappa shape index (κ3) is 5.87. The summed E-state index contributed by atoms with van der Waals surface area (Å²) in [6, 6.07) is 12.4. The molecule has 0 fully saturated rings. The lowest BCUT2D eigenvalue weighted by Gasteiger charge is -2.14. The Morgan fingerprint density at radius 1 is 1.07 bits per heavy atom. The molecule has 0 aliphatic heterocycles. The van der Waals surface area contributed by atoms with Gasteiger partial charge in [0.05, 0.1) is 36.2 Å². The molecule has 3 aromatic rings. The number of rotatable bonds is 11. The summed E-state index contributed by atoms with van der Waals surface area (Å²) in [5.41, 5.74) is 4.46. The van der Waals surface area contributed by atoms with Crippen molar-refractivity contribution in [3.63, 3.8) is 0 Å². The molecule has 6 heteroatoms. The maximum atomic E-state index is 8.84. The average Bonchev–Trinajstić information content (AvgIpc) is 2.74. The lowest BCUT2D eigenvalue weighted by Crippen LogP contribution is -2.06. The fourth-order valence-electron chi connectivity index (χ4n) is 3.04. The second-order valence-corrected chi connectivity index (χ2v) is 8.76. The van der Waals surface area contributed by atoms with E-state index < -0.39 is 0 Å². The minimum absolute atomic E-state index is 0.269. The number of anilines is 1. The Balaban J connectivity index is 1.61. The van der Waals surface area contributed by atoms with Gasteiger partial charge in [-0.1, -0.05) is 25.1 Å². The quantitative estimate of drug-likeness (QED) is 0.340. The van der Waals surface area contributed by atoms with Crippen LogP contribution in [0.5, 0.6) is 0 Å². The highest BCUT2D eigenvalue weighted by Gasteiger charge is 2.09. The van der Waals surface area contributed by atoms with Crippen molar-refractivity contribution < 1.29 is 5.11 Å². The molecule has 0 amide bonds. The highest BCUT2D eigenvalue weighted by Crippen LogP contribution is 2.26. The standard InChI is InChI=1S/C22H27N3OS2/c1-2-19-21(23-9-8-22(19)28-12-5-11-27-13-10-26)16-24-18-14-17-6-3-4-7-20(17)25-15-18/h3-4,6-9,14-15,24,26H,2,5,10-13,16H2,1H3. The number of aromatic nitrogens is 2. The number of aliphatic hydroxyl groups is 1. The Hall–Kier alpha value is -1.76. The monoisotopic (exact) mass is 413 g/mol. The van der Waals surface area contributed by atoms with E-state index >= 15 is 0 Å². The molecule has 2 heterocycles. The van der Waals surface area contributed by atoms with E-state index in [9.17, 15) is 0 Å². The number of para-hydroxylation sites is 1. The molecular formula is C22H27N3OS2. The minimum atomic E-state index is 0.269. The first-order valence-electron chi connectivity index (χ1n) is 9.68. The molecule has 3 rings (SSSR count). The van der Waals surface area contributed by atoms with Crippen LogP contribution in [0.3, 0.4) is 0 Å². The molecule has 28 heavy (non-hydrogen) atoms. The van der Waals surface area contributed by atoms with Crippen molar-refractivity contribution in [2.24, 2.45) is 0 Å². The third-order valence-corrected chi connectivity index (χ3v) is 6.67. The van der Waals surface area contributed by atoms with Crippen molar-refractivity contribution in [2.75, 3.05) is 29.2 Å². The predicted molar refractivity (Wildman–Crippen MR) is 122 cm³/mol. The molecule has 148 valence electrons. The van der Waals surface area contributed by atoms with Crippen LogP contribution >= 0.6 is 23.5 Å². The average molecular weight is 414 g/mol. The molecule has 0 aliphatic carbocycles. The molecule has 0 bridgehead atoms. The predicted octanol–water partition coefficient (Wildman–Crippen LogP) is 5.01. The van der Waals surface area contributed by atoms with Crippen LogP contribution in [-0.2, 0) is 13.0 Å².